The molecule has 2 nitrogen and oxygen atoms in total. The minimum Gasteiger partial charge on any atom is -0.380 e. The van der Waals surface area contributed by atoms with Crippen LogP contribution in [0, 0.1) is 23.7 Å². The molecule has 0 fully saturated rings. The van der Waals surface area contributed by atoms with Crippen LogP contribution in [0.15, 0.2) is 0 Å². The summed E-state index contributed by atoms with van der Waals surface area (Å²) in [5.74, 6) is 10.6. The third-order valence-electron chi connectivity index (χ3n) is 2.70. The van der Waals surface area contributed by atoms with Gasteiger partial charge in [-0.1, -0.05) is 51.4 Å². The molecule has 0 saturated heterocycles. The molecule has 2 atom stereocenters. The molecule has 0 aromatic carbocycles. The number of unbranched alkanes of at least 4 members (excludes halogenated alkanes) is 4. The Morgan fingerprint density at radius 2 is 1.11 bits per heavy atom. The average molecular weight is 250 g/mol. The fraction of sp³-hybridized carbons (Fsp3) is 0.750. The number of aliphatic hydroxyl groups excluding tert-OH is 2. The minimum absolute atomic E-state index is 0.580. The highest BCUT2D eigenvalue weighted by atomic mass is 16.3. The molecule has 0 amide bonds. The van der Waals surface area contributed by atoms with Crippen LogP contribution in [0.5, 0.6) is 0 Å². The molecule has 0 saturated carbocycles. The summed E-state index contributed by atoms with van der Waals surface area (Å²) in [6, 6.07) is 0. The summed E-state index contributed by atoms with van der Waals surface area (Å²) in [4.78, 5) is 0. The van der Waals surface area contributed by atoms with E-state index in [-0.39, 0.29) is 0 Å². The molecule has 0 radical (unpaired) electrons. The molecule has 0 bridgehead atoms. The summed E-state index contributed by atoms with van der Waals surface area (Å²) < 4.78 is 0. The van der Waals surface area contributed by atoms with Crippen molar-refractivity contribution in [2.45, 2.75) is 77.4 Å². The Morgan fingerprint density at radius 3 is 1.44 bits per heavy atom. The van der Waals surface area contributed by atoms with Gasteiger partial charge in [0.05, 0.1) is 0 Å². The van der Waals surface area contributed by atoms with Gasteiger partial charge in [0.1, 0.15) is 12.2 Å². The summed E-state index contributed by atoms with van der Waals surface area (Å²) in [6.45, 7) is 4.26. The Bertz CT molecular complexity index is 269. The Labute approximate surface area is 112 Å². The van der Waals surface area contributed by atoms with Gasteiger partial charge in [-0.15, -0.1) is 0 Å². The molecular formula is C16H26O2. The van der Waals surface area contributed by atoms with Gasteiger partial charge in [0, 0.05) is 0 Å². The van der Waals surface area contributed by atoms with Crippen molar-refractivity contribution in [1.82, 2.24) is 0 Å². The van der Waals surface area contributed by atoms with Crippen LogP contribution in [0.4, 0.5) is 0 Å². The van der Waals surface area contributed by atoms with Gasteiger partial charge in [-0.25, -0.2) is 0 Å². The van der Waals surface area contributed by atoms with Gasteiger partial charge in [-0.05, 0) is 37.5 Å². The first-order chi connectivity index (χ1) is 8.70. The highest BCUT2D eigenvalue weighted by Crippen LogP contribution is 2.02. The molecule has 0 aliphatic carbocycles. The maximum atomic E-state index is 9.51. The van der Waals surface area contributed by atoms with Crippen molar-refractivity contribution in [3.8, 4) is 23.7 Å². The molecule has 0 rings (SSSR count). The van der Waals surface area contributed by atoms with Gasteiger partial charge in [-0.3, -0.25) is 0 Å². The molecular weight excluding hydrogens is 224 g/mol. The Hall–Kier alpha value is -0.960. The van der Waals surface area contributed by atoms with Crippen molar-refractivity contribution in [2.24, 2.45) is 0 Å². The molecule has 2 heteroatoms. The summed E-state index contributed by atoms with van der Waals surface area (Å²) >= 11 is 0. The second kappa shape index (κ2) is 12.5. The molecule has 0 spiro atoms. The first kappa shape index (κ1) is 17.0. The van der Waals surface area contributed by atoms with Gasteiger partial charge in [0.15, 0.2) is 0 Å². The van der Waals surface area contributed by atoms with E-state index in [1.807, 2.05) is 0 Å². The monoisotopic (exact) mass is 250 g/mol. The summed E-state index contributed by atoms with van der Waals surface area (Å²) in [7, 11) is 0. The maximum absolute atomic E-state index is 9.51. The van der Waals surface area contributed by atoms with E-state index >= 15 is 0 Å². The highest BCUT2D eigenvalue weighted by Gasteiger charge is 1.98. The lowest BCUT2D eigenvalue weighted by atomic mass is 10.1. The summed E-state index contributed by atoms with van der Waals surface area (Å²) in [5.41, 5.74) is 0. The SMILES string of the molecule is CCCCC[C@@H](O)C#CC#C[C@H](O)CCCCC. The molecule has 0 heterocycles. The van der Waals surface area contributed by atoms with Crippen molar-refractivity contribution < 1.29 is 10.2 Å². The fourth-order valence-corrected chi connectivity index (χ4v) is 1.56. The predicted molar refractivity (Wildman–Crippen MR) is 75.8 cm³/mol. The zero-order valence-electron chi connectivity index (χ0n) is 11.7. The lowest BCUT2D eigenvalue weighted by Gasteiger charge is -2.01. The van der Waals surface area contributed by atoms with Crippen LogP contribution in [0.2, 0.25) is 0 Å². The van der Waals surface area contributed by atoms with Crippen LogP contribution in [0.1, 0.15) is 65.2 Å². The molecule has 0 aromatic heterocycles. The van der Waals surface area contributed by atoms with E-state index in [1.165, 1.54) is 0 Å². The van der Waals surface area contributed by atoms with Crippen molar-refractivity contribution in [3.05, 3.63) is 0 Å². The lowest BCUT2D eigenvalue weighted by molar-refractivity contribution is 0.217. The molecule has 0 unspecified atom stereocenters. The van der Waals surface area contributed by atoms with E-state index in [2.05, 4.69) is 37.5 Å². The normalized spacial score (nSPS) is 12.9. The van der Waals surface area contributed by atoms with E-state index in [4.69, 9.17) is 0 Å². The standard InChI is InChI=1S/C16H26O2/c1-3-5-7-11-15(17)13-9-10-14-16(18)12-8-6-4-2/h15-18H,3-8,11-12H2,1-2H3/t15-,16-/m1/s1. The quantitative estimate of drug-likeness (QED) is 0.514. The molecule has 0 aliphatic rings. The van der Waals surface area contributed by atoms with Crippen LogP contribution in [-0.2, 0) is 0 Å². The molecule has 102 valence electrons. The van der Waals surface area contributed by atoms with Crippen LogP contribution in [0.25, 0.3) is 0 Å². The lowest BCUT2D eigenvalue weighted by Crippen LogP contribution is -2.02. The average Bonchev–Trinajstić information content (AvgIpc) is 2.35. The second-order valence-corrected chi connectivity index (χ2v) is 4.56. The molecule has 0 aromatic rings. The van der Waals surface area contributed by atoms with Crippen molar-refractivity contribution in [2.75, 3.05) is 0 Å². The summed E-state index contributed by atoms with van der Waals surface area (Å²) in [5, 5.41) is 19.0. The number of hydrogen-bond acceptors (Lipinski definition) is 2. The topological polar surface area (TPSA) is 40.5 Å². The third kappa shape index (κ3) is 11.5. The summed E-state index contributed by atoms with van der Waals surface area (Å²) in [6.07, 6.45) is 6.79. The van der Waals surface area contributed by atoms with E-state index in [9.17, 15) is 10.2 Å². The van der Waals surface area contributed by atoms with E-state index < -0.39 is 12.2 Å². The van der Waals surface area contributed by atoms with E-state index in [0.29, 0.717) is 12.8 Å². The van der Waals surface area contributed by atoms with Crippen LogP contribution in [0.3, 0.4) is 0 Å². The third-order valence-corrected chi connectivity index (χ3v) is 2.70. The van der Waals surface area contributed by atoms with Crippen molar-refractivity contribution in [1.29, 1.82) is 0 Å². The first-order valence-electron chi connectivity index (χ1n) is 7.07. The smallest absolute Gasteiger partial charge is 0.115 e. The molecule has 0 aliphatic heterocycles. The highest BCUT2D eigenvalue weighted by molar-refractivity contribution is 5.28. The van der Waals surface area contributed by atoms with Crippen LogP contribution in [-0.4, -0.2) is 22.4 Å². The largest absolute Gasteiger partial charge is 0.380 e. The Kier molecular flexibility index (Phi) is 11.8. The van der Waals surface area contributed by atoms with Gasteiger partial charge < -0.3 is 10.2 Å². The van der Waals surface area contributed by atoms with Crippen molar-refractivity contribution >= 4 is 0 Å². The van der Waals surface area contributed by atoms with Crippen molar-refractivity contribution in [3.63, 3.8) is 0 Å². The van der Waals surface area contributed by atoms with Crippen LogP contribution < -0.4 is 0 Å². The van der Waals surface area contributed by atoms with Gasteiger partial charge in [-0.2, -0.15) is 0 Å². The maximum Gasteiger partial charge on any atom is 0.115 e. The van der Waals surface area contributed by atoms with Gasteiger partial charge in [0.2, 0.25) is 0 Å². The number of rotatable bonds is 8. The van der Waals surface area contributed by atoms with Gasteiger partial charge in [0.25, 0.3) is 0 Å². The second-order valence-electron chi connectivity index (χ2n) is 4.56. The fourth-order valence-electron chi connectivity index (χ4n) is 1.56. The Morgan fingerprint density at radius 1 is 0.722 bits per heavy atom. The molecule has 2 N–H and O–H groups in total. The van der Waals surface area contributed by atoms with E-state index in [0.717, 1.165) is 38.5 Å². The van der Waals surface area contributed by atoms with Gasteiger partial charge >= 0.3 is 0 Å². The van der Waals surface area contributed by atoms with Crippen LogP contribution >= 0.6 is 0 Å². The van der Waals surface area contributed by atoms with E-state index in [1.54, 1.807) is 0 Å². The zero-order chi connectivity index (χ0) is 13.6. The zero-order valence-corrected chi connectivity index (χ0v) is 11.7. The Balaban J connectivity index is 3.79. The molecule has 18 heavy (non-hydrogen) atoms. The first-order valence-corrected chi connectivity index (χ1v) is 7.07. The number of aliphatic hydroxyl groups is 2. The predicted octanol–water partition coefficient (Wildman–Crippen LogP) is 2.88. The number of hydrogen-bond donors (Lipinski definition) is 2. The minimum atomic E-state index is -0.580.